The summed E-state index contributed by atoms with van der Waals surface area (Å²) in [6, 6.07) is 0. The lowest BCUT2D eigenvalue weighted by molar-refractivity contribution is -0.165. The molecule has 0 saturated carbocycles. The van der Waals surface area contributed by atoms with Crippen molar-refractivity contribution in [3.63, 3.8) is 0 Å². The maximum Gasteiger partial charge on any atom is 0.408 e. The second-order valence-corrected chi connectivity index (χ2v) is 13.6. The highest BCUT2D eigenvalue weighted by Crippen LogP contribution is 2.10. The Hall–Kier alpha value is -3.84. The van der Waals surface area contributed by atoms with Gasteiger partial charge >= 0.3 is 30.1 Å². The zero-order valence-electron chi connectivity index (χ0n) is 30.7. The lowest BCUT2D eigenvalue weighted by Gasteiger charge is -2.20. The topological polar surface area (TPSA) is 185 Å². The van der Waals surface area contributed by atoms with Crippen LogP contribution in [-0.2, 0) is 42.9 Å². The average molecular weight is 700 g/mol. The molecule has 0 saturated heterocycles. The molecule has 0 spiro atoms. The fourth-order valence-corrected chi connectivity index (χ4v) is 4.00. The molecule has 0 unspecified atom stereocenters. The van der Waals surface area contributed by atoms with Crippen molar-refractivity contribution >= 4 is 36.0 Å². The van der Waals surface area contributed by atoms with E-state index in [0.29, 0.717) is 6.42 Å². The van der Waals surface area contributed by atoms with Gasteiger partial charge in [0.05, 0.1) is 0 Å². The van der Waals surface area contributed by atoms with Crippen LogP contribution < -0.4 is 16.0 Å². The number of hydrogen-bond acceptors (Lipinski definition) is 11. The van der Waals surface area contributed by atoms with Crippen LogP contribution in [0.5, 0.6) is 0 Å². The molecule has 0 radical (unpaired) electrons. The van der Waals surface area contributed by atoms with Crippen molar-refractivity contribution in [1.29, 1.82) is 0 Å². The Labute approximate surface area is 292 Å². The van der Waals surface area contributed by atoms with E-state index >= 15 is 0 Å². The molecule has 0 aromatic rings. The van der Waals surface area contributed by atoms with Crippen LogP contribution in [0.4, 0.5) is 9.59 Å². The van der Waals surface area contributed by atoms with Gasteiger partial charge in [-0.2, -0.15) is 0 Å². The number of ether oxygens (including phenoxy) is 5. The Morgan fingerprint density at radius 2 is 1.00 bits per heavy atom. The second-order valence-electron chi connectivity index (χ2n) is 13.6. The van der Waals surface area contributed by atoms with Crippen LogP contribution in [0.1, 0.15) is 126 Å². The maximum atomic E-state index is 12.5. The molecule has 0 atom stereocenters. The van der Waals surface area contributed by atoms with E-state index in [9.17, 15) is 28.8 Å². The molecule has 0 aliphatic rings. The van der Waals surface area contributed by atoms with Gasteiger partial charge in [-0.05, 0) is 73.6 Å². The number of allylic oxidation sites excluding steroid dienone is 2. The normalized spacial score (nSPS) is 11.5. The minimum Gasteiger partial charge on any atom is -0.460 e. The zero-order chi connectivity index (χ0) is 37.1. The Morgan fingerprint density at radius 3 is 1.47 bits per heavy atom. The number of amides is 3. The van der Waals surface area contributed by atoms with Crippen LogP contribution in [0.2, 0.25) is 0 Å². The van der Waals surface area contributed by atoms with Gasteiger partial charge in [-0.25, -0.2) is 9.59 Å². The van der Waals surface area contributed by atoms with E-state index in [1.807, 2.05) is 0 Å². The van der Waals surface area contributed by atoms with Crippen LogP contribution in [0, 0.1) is 0 Å². The van der Waals surface area contributed by atoms with Crippen molar-refractivity contribution in [3.8, 4) is 0 Å². The van der Waals surface area contributed by atoms with Crippen LogP contribution in [0.15, 0.2) is 12.2 Å². The number of hydrogen-bond donors (Lipinski definition) is 3. The summed E-state index contributed by atoms with van der Waals surface area (Å²) in [4.78, 5) is 72.6. The third-order valence-corrected chi connectivity index (χ3v) is 6.31. The van der Waals surface area contributed by atoms with Crippen molar-refractivity contribution in [1.82, 2.24) is 16.0 Å². The Kier molecular flexibility index (Phi) is 24.0. The van der Waals surface area contributed by atoms with Crippen molar-refractivity contribution < 1.29 is 52.5 Å². The van der Waals surface area contributed by atoms with Crippen molar-refractivity contribution in [3.05, 3.63) is 12.2 Å². The molecule has 14 heteroatoms. The molecule has 0 rings (SSSR count). The van der Waals surface area contributed by atoms with E-state index in [1.165, 1.54) is 25.7 Å². The summed E-state index contributed by atoms with van der Waals surface area (Å²) < 4.78 is 25.5. The van der Waals surface area contributed by atoms with Crippen LogP contribution in [0.3, 0.4) is 0 Å². The molecule has 49 heavy (non-hydrogen) atoms. The molecule has 14 nitrogen and oxygen atoms in total. The fourth-order valence-electron chi connectivity index (χ4n) is 4.00. The third-order valence-electron chi connectivity index (χ3n) is 6.31. The van der Waals surface area contributed by atoms with Gasteiger partial charge in [0.2, 0.25) is 5.91 Å². The summed E-state index contributed by atoms with van der Waals surface area (Å²) in [5.74, 6) is -2.89. The van der Waals surface area contributed by atoms with Crippen LogP contribution in [-0.4, -0.2) is 86.2 Å². The Morgan fingerprint density at radius 1 is 0.571 bits per heavy atom. The number of rotatable bonds is 24. The number of alkyl carbamates (subject to hydrolysis) is 2. The maximum absolute atomic E-state index is 12.5. The van der Waals surface area contributed by atoms with Gasteiger partial charge in [-0.15, -0.1) is 0 Å². The largest absolute Gasteiger partial charge is 0.460 e. The molecule has 0 aliphatic carbocycles. The van der Waals surface area contributed by atoms with Crippen LogP contribution >= 0.6 is 0 Å². The van der Waals surface area contributed by atoms with Gasteiger partial charge in [0, 0.05) is 6.42 Å². The molecule has 3 amide bonds. The van der Waals surface area contributed by atoms with E-state index in [-0.39, 0.29) is 12.3 Å². The first-order valence-corrected chi connectivity index (χ1v) is 17.4. The molecule has 0 fully saturated rings. The second kappa shape index (κ2) is 26.1. The Balaban J connectivity index is 4.60. The molecule has 0 heterocycles. The van der Waals surface area contributed by atoms with E-state index in [0.717, 1.165) is 38.5 Å². The predicted molar refractivity (Wildman–Crippen MR) is 183 cm³/mol. The van der Waals surface area contributed by atoms with Gasteiger partial charge in [0.1, 0.15) is 44.1 Å². The molecule has 0 bridgehead atoms. The highest BCUT2D eigenvalue weighted by molar-refractivity contribution is 5.82. The SMILES string of the molecule is CCCCCC/C=C\CCCCCCCC(=O)NCC(=O)OC(COC(=O)CNC(=O)OC(C)(C)C)COC(=O)CNC(=O)OC(C)(C)C. The highest BCUT2D eigenvalue weighted by atomic mass is 16.6. The van der Waals surface area contributed by atoms with Gasteiger partial charge < -0.3 is 39.6 Å². The number of nitrogens with one attached hydrogen (secondary N) is 3. The third kappa shape index (κ3) is 31.2. The minimum atomic E-state index is -1.24. The quantitative estimate of drug-likeness (QED) is 0.0507. The molecular formula is C35H61N3O11. The Bertz CT molecular complexity index is 985. The summed E-state index contributed by atoms with van der Waals surface area (Å²) >= 11 is 0. The predicted octanol–water partition coefficient (Wildman–Crippen LogP) is 5.41. The van der Waals surface area contributed by atoms with E-state index < -0.39 is 80.2 Å². The van der Waals surface area contributed by atoms with Crippen molar-refractivity contribution in [2.75, 3.05) is 32.8 Å². The highest BCUT2D eigenvalue weighted by Gasteiger charge is 2.22. The first kappa shape index (κ1) is 45.2. The molecule has 0 aromatic carbocycles. The molecule has 3 N–H and O–H groups in total. The standard InChI is InChI=1S/C35H61N3O11/c1-8-9-10-11-12-13-14-15-16-17-18-19-20-21-28(39)36-24-31(42)47-27(25-45-29(40)22-37-32(43)48-34(2,3)4)26-46-30(41)23-38-33(44)49-35(5,6)7/h13-14,27H,8-12,15-26H2,1-7H3,(H,36,39)(H,37,43)(H,38,44)/b14-13-. The van der Waals surface area contributed by atoms with Gasteiger partial charge in [-0.3, -0.25) is 19.2 Å². The summed E-state index contributed by atoms with van der Waals surface area (Å²) in [6.07, 6.45) is 14.0. The molecule has 0 aliphatic heterocycles. The monoisotopic (exact) mass is 699 g/mol. The zero-order valence-corrected chi connectivity index (χ0v) is 30.7. The summed E-state index contributed by atoms with van der Waals surface area (Å²) in [6.45, 7) is 9.65. The molecule has 282 valence electrons. The first-order chi connectivity index (χ1) is 23.0. The van der Waals surface area contributed by atoms with Crippen molar-refractivity contribution in [2.45, 2.75) is 143 Å². The summed E-state index contributed by atoms with van der Waals surface area (Å²) in [5.41, 5.74) is -1.54. The molecule has 0 aromatic heterocycles. The van der Waals surface area contributed by atoms with E-state index in [4.69, 9.17) is 23.7 Å². The number of carbonyl (C=O) groups excluding carboxylic acids is 6. The lowest BCUT2D eigenvalue weighted by Crippen LogP contribution is -2.39. The van der Waals surface area contributed by atoms with Gasteiger partial charge in [-0.1, -0.05) is 57.6 Å². The average Bonchev–Trinajstić information content (AvgIpc) is 2.99. The number of carbonyl (C=O) groups is 6. The first-order valence-electron chi connectivity index (χ1n) is 17.4. The smallest absolute Gasteiger partial charge is 0.408 e. The number of esters is 3. The summed E-state index contributed by atoms with van der Waals surface area (Å²) in [5, 5.41) is 6.99. The fraction of sp³-hybridized carbons (Fsp3) is 0.771. The lowest BCUT2D eigenvalue weighted by atomic mass is 10.1. The van der Waals surface area contributed by atoms with Crippen LogP contribution in [0.25, 0.3) is 0 Å². The number of unbranched alkanes of at least 4 members (excludes halogenated alkanes) is 9. The van der Waals surface area contributed by atoms with E-state index in [1.54, 1.807) is 41.5 Å². The van der Waals surface area contributed by atoms with E-state index in [2.05, 4.69) is 35.0 Å². The van der Waals surface area contributed by atoms with Crippen molar-refractivity contribution in [2.24, 2.45) is 0 Å². The van der Waals surface area contributed by atoms with Gasteiger partial charge in [0.15, 0.2) is 6.10 Å². The summed E-state index contributed by atoms with van der Waals surface area (Å²) in [7, 11) is 0. The minimum absolute atomic E-state index is 0.263. The van der Waals surface area contributed by atoms with Gasteiger partial charge in [0.25, 0.3) is 0 Å². The molecular weight excluding hydrogens is 638 g/mol.